The highest BCUT2D eigenvalue weighted by atomic mass is 16.3. The van der Waals surface area contributed by atoms with E-state index >= 15 is 0 Å². The van der Waals surface area contributed by atoms with Gasteiger partial charge in [0.15, 0.2) is 0 Å². The maximum Gasteiger partial charge on any atom is 0.104 e. The second-order valence-corrected chi connectivity index (χ2v) is 3.87. The van der Waals surface area contributed by atoms with Gasteiger partial charge >= 0.3 is 0 Å². The summed E-state index contributed by atoms with van der Waals surface area (Å²) in [6, 6.07) is 12.6. The van der Waals surface area contributed by atoms with Gasteiger partial charge in [-0.1, -0.05) is 12.1 Å². The van der Waals surface area contributed by atoms with Crippen molar-refractivity contribution in [2.75, 3.05) is 0 Å². The number of aromatic nitrogens is 1. The Balaban J connectivity index is 2.30. The minimum Gasteiger partial charge on any atom is -0.384 e. The lowest BCUT2D eigenvalue weighted by atomic mass is 10.0. The lowest BCUT2D eigenvalue weighted by molar-refractivity contribution is 0.220. The van der Waals surface area contributed by atoms with Gasteiger partial charge in [-0.2, -0.15) is 5.26 Å². The van der Waals surface area contributed by atoms with Crippen LogP contribution in [-0.2, 0) is 0 Å². The molecule has 84 valence electrons. The Morgan fingerprint density at radius 2 is 1.88 bits per heavy atom. The lowest BCUT2D eigenvalue weighted by Crippen LogP contribution is -2.00. The Hall–Kier alpha value is -2.18. The van der Waals surface area contributed by atoms with Crippen LogP contribution in [0, 0.1) is 18.3 Å². The molecule has 0 bridgehead atoms. The monoisotopic (exact) mass is 224 g/mol. The van der Waals surface area contributed by atoms with Gasteiger partial charge in [0.1, 0.15) is 6.10 Å². The number of nitrogens with zero attached hydrogens (tertiary/aromatic N) is 2. The van der Waals surface area contributed by atoms with E-state index in [1.165, 1.54) is 0 Å². The van der Waals surface area contributed by atoms with E-state index in [0.29, 0.717) is 5.56 Å². The topological polar surface area (TPSA) is 56.9 Å². The van der Waals surface area contributed by atoms with Crippen LogP contribution in [0.5, 0.6) is 0 Å². The number of pyridine rings is 1. The van der Waals surface area contributed by atoms with Gasteiger partial charge in [0.25, 0.3) is 0 Å². The summed E-state index contributed by atoms with van der Waals surface area (Å²) in [6.07, 6.45) is 1.00. The fourth-order valence-electron chi connectivity index (χ4n) is 1.67. The highest BCUT2D eigenvalue weighted by Crippen LogP contribution is 2.22. The molecule has 1 aromatic heterocycles. The van der Waals surface area contributed by atoms with Gasteiger partial charge in [0, 0.05) is 11.9 Å². The van der Waals surface area contributed by atoms with Crippen LogP contribution < -0.4 is 0 Å². The molecule has 0 spiro atoms. The Morgan fingerprint density at radius 1 is 1.18 bits per heavy atom. The van der Waals surface area contributed by atoms with Gasteiger partial charge < -0.3 is 5.11 Å². The zero-order chi connectivity index (χ0) is 12.3. The second kappa shape index (κ2) is 4.77. The molecule has 3 heteroatoms. The molecule has 1 unspecified atom stereocenters. The van der Waals surface area contributed by atoms with Gasteiger partial charge in [0.2, 0.25) is 0 Å². The molecule has 3 nitrogen and oxygen atoms in total. The number of aryl methyl sites for hydroxylation is 1. The summed E-state index contributed by atoms with van der Waals surface area (Å²) < 4.78 is 0. The molecule has 2 rings (SSSR count). The number of nitriles is 1. The van der Waals surface area contributed by atoms with E-state index < -0.39 is 6.10 Å². The summed E-state index contributed by atoms with van der Waals surface area (Å²) in [5, 5.41) is 18.9. The van der Waals surface area contributed by atoms with Crippen molar-refractivity contribution in [2.45, 2.75) is 13.0 Å². The fourth-order valence-corrected chi connectivity index (χ4v) is 1.67. The number of aliphatic hydroxyl groups excluding tert-OH is 1. The van der Waals surface area contributed by atoms with Crippen molar-refractivity contribution >= 4 is 0 Å². The smallest absolute Gasteiger partial charge is 0.104 e. The third-order valence-electron chi connectivity index (χ3n) is 2.59. The minimum absolute atomic E-state index is 0.590. The predicted molar refractivity (Wildman–Crippen MR) is 64.2 cm³/mol. The Kier molecular flexibility index (Phi) is 3.17. The van der Waals surface area contributed by atoms with Crippen LogP contribution in [0.2, 0.25) is 0 Å². The Morgan fingerprint density at radius 3 is 2.47 bits per heavy atom. The molecule has 0 aliphatic rings. The van der Waals surface area contributed by atoms with Gasteiger partial charge in [0.05, 0.1) is 11.6 Å². The summed E-state index contributed by atoms with van der Waals surface area (Å²) in [7, 11) is 0. The van der Waals surface area contributed by atoms with Crippen molar-refractivity contribution in [2.24, 2.45) is 0 Å². The molecule has 0 saturated heterocycles. The summed E-state index contributed by atoms with van der Waals surface area (Å²) in [6.45, 7) is 1.88. The maximum absolute atomic E-state index is 10.2. The van der Waals surface area contributed by atoms with Crippen molar-refractivity contribution < 1.29 is 5.11 Å². The summed E-state index contributed by atoms with van der Waals surface area (Å²) in [5.41, 5.74) is 3.04. The van der Waals surface area contributed by atoms with Crippen LogP contribution in [0.15, 0.2) is 42.6 Å². The van der Waals surface area contributed by atoms with Crippen LogP contribution in [-0.4, -0.2) is 10.1 Å². The van der Waals surface area contributed by atoms with Crippen molar-refractivity contribution in [3.05, 3.63) is 65.0 Å². The summed E-state index contributed by atoms with van der Waals surface area (Å²) in [5.74, 6) is 0. The third-order valence-corrected chi connectivity index (χ3v) is 2.59. The van der Waals surface area contributed by atoms with E-state index in [2.05, 4.69) is 11.1 Å². The molecule has 0 amide bonds. The molecule has 0 saturated carbocycles. The maximum atomic E-state index is 10.2. The molecule has 1 atom stereocenters. The highest BCUT2D eigenvalue weighted by Gasteiger charge is 2.10. The average molecular weight is 224 g/mol. The predicted octanol–water partition coefficient (Wildman–Crippen LogP) is 2.34. The largest absolute Gasteiger partial charge is 0.384 e. The van der Waals surface area contributed by atoms with Gasteiger partial charge in [-0.3, -0.25) is 4.98 Å². The van der Waals surface area contributed by atoms with E-state index in [-0.39, 0.29) is 0 Å². The van der Waals surface area contributed by atoms with E-state index in [1.807, 2.05) is 13.0 Å². The van der Waals surface area contributed by atoms with Gasteiger partial charge in [-0.15, -0.1) is 0 Å². The van der Waals surface area contributed by atoms with E-state index in [4.69, 9.17) is 5.26 Å². The van der Waals surface area contributed by atoms with E-state index in [0.717, 1.165) is 16.8 Å². The fraction of sp³-hybridized carbons (Fsp3) is 0.143. The SMILES string of the molecule is Cc1cc(C(O)c2ccc(C#N)cc2)ccn1. The molecule has 0 aliphatic carbocycles. The minimum atomic E-state index is -0.676. The number of benzene rings is 1. The first-order valence-corrected chi connectivity index (χ1v) is 5.31. The molecule has 0 radical (unpaired) electrons. The first-order valence-electron chi connectivity index (χ1n) is 5.31. The van der Waals surface area contributed by atoms with Gasteiger partial charge in [-0.05, 0) is 42.3 Å². The highest BCUT2D eigenvalue weighted by molar-refractivity contribution is 5.36. The Bertz CT molecular complexity index is 555. The van der Waals surface area contributed by atoms with Gasteiger partial charge in [-0.25, -0.2) is 0 Å². The first-order chi connectivity index (χ1) is 8.20. The van der Waals surface area contributed by atoms with Crippen molar-refractivity contribution in [3.63, 3.8) is 0 Å². The molecule has 0 fully saturated rings. The first kappa shape index (κ1) is 11.3. The Labute approximate surface area is 100.0 Å². The lowest BCUT2D eigenvalue weighted by Gasteiger charge is -2.11. The number of aliphatic hydroxyl groups is 1. The van der Waals surface area contributed by atoms with Crippen molar-refractivity contribution in [1.82, 2.24) is 4.98 Å². The molecule has 1 N–H and O–H groups in total. The number of rotatable bonds is 2. The quantitative estimate of drug-likeness (QED) is 0.851. The molecular weight excluding hydrogens is 212 g/mol. The number of hydrogen-bond acceptors (Lipinski definition) is 3. The van der Waals surface area contributed by atoms with Crippen LogP contribution >= 0.6 is 0 Å². The van der Waals surface area contributed by atoms with E-state index in [1.54, 1.807) is 36.5 Å². The zero-order valence-electron chi connectivity index (χ0n) is 9.46. The molecule has 2 aromatic rings. The summed E-state index contributed by atoms with van der Waals surface area (Å²) in [4.78, 5) is 4.09. The average Bonchev–Trinajstić information content (AvgIpc) is 2.38. The standard InChI is InChI=1S/C14H12N2O/c1-10-8-13(6-7-16-10)14(17)12-4-2-11(9-15)3-5-12/h2-8,14,17H,1H3. The molecule has 0 aliphatic heterocycles. The van der Waals surface area contributed by atoms with E-state index in [9.17, 15) is 5.11 Å². The molecular formula is C14H12N2O. The van der Waals surface area contributed by atoms with Crippen molar-refractivity contribution in [1.29, 1.82) is 5.26 Å². The third kappa shape index (κ3) is 2.49. The molecule has 17 heavy (non-hydrogen) atoms. The normalized spacial score (nSPS) is 11.8. The molecule has 1 aromatic carbocycles. The van der Waals surface area contributed by atoms with Crippen LogP contribution in [0.25, 0.3) is 0 Å². The van der Waals surface area contributed by atoms with Crippen LogP contribution in [0.3, 0.4) is 0 Å². The van der Waals surface area contributed by atoms with Crippen molar-refractivity contribution in [3.8, 4) is 6.07 Å². The van der Waals surface area contributed by atoms with Crippen LogP contribution in [0.1, 0.15) is 28.5 Å². The number of hydrogen-bond donors (Lipinski definition) is 1. The zero-order valence-corrected chi connectivity index (χ0v) is 9.46. The van der Waals surface area contributed by atoms with Crippen LogP contribution in [0.4, 0.5) is 0 Å². The summed E-state index contributed by atoms with van der Waals surface area (Å²) >= 11 is 0. The second-order valence-electron chi connectivity index (χ2n) is 3.87. The molecule has 1 heterocycles.